The normalized spacial score (nSPS) is 23.3. The van der Waals surface area contributed by atoms with E-state index in [4.69, 9.17) is 30.8 Å². The van der Waals surface area contributed by atoms with E-state index in [1.807, 2.05) is 31.2 Å². The molecule has 7 rings (SSSR count). The first-order valence-electron chi connectivity index (χ1n) is 13.4. The molecule has 0 N–H and O–H groups in total. The topological polar surface area (TPSA) is 78.7 Å². The van der Waals surface area contributed by atoms with Gasteiger partial charge in [-0.2, -0.15) is 0 Å². The molecule has 10 heteroatoms. The monoisotopic (exact) mass is 564 g/mol. The number of fused-ring (bicyclic) bond motifs is 2. The Kier molecular flexibility index (Phi) is 6.34. The van der Waals surface area contributed by atoms with E-state index >= 15 is 0 Å². The van der Waals surface area contributed by atoms with E-state index in [1.54, 1.807) is 12.3 Å². The van der Waals surface area contributed by atoms with Crippen molar-refractivity contribution >= 4 is 39.6 Å². The van der Waals surface area contributed by atoms with Crippen molar-refractivity contribution in [2.45, 2.75) is 57.1 Å². The third-order valence-corrected chi connectivity index (χ3v) is 9.20. The van der Waals surface area contributed by atoms with Gasteiger partial charge in [-0.25, -0.2) is 4.98 Å². The molecule has 3 aliphatic heterocycles. The lowest BCUT2D eigenvalue weighted by molar-refractivity contribution is -0.0722. The van der Waals surface area contributed by atoms with Gasteiger partial charge in [0.25, 0.3) is 5.79 Å². The van der Waals surface area contributed by atoms with Crippen LogP contribution in [0.4, 0.5) is 0 Å². The van der Waals surface area contributed by atoms with Gasteiger partial charge in [-0.05, 0) is 62.5 Å². The molecular formula is C29H29ClN4O4S. The highest BCUT2D eigenvalue weighted by Gasteiger charge is 2.42. The standard InChI is InChI=1S/C29H29ClN4O4S/c1-29(25-6-5-19(30)14-31-25)37-24-4-2-3-22(27(24)38-29)18-7-10-33(11-8-18)16-26-32-28-23(13-21(17-35)39-28)34(26)15-20-9-12-36-20/h2-6,13-14,17-18,20H,7-12,15-16H2,1H3. The highest BCUT2D eigenvalue weighted by molar-refractivity contribution is 7.20. The van der Waals surface area contributed by atoms with Gasteiger partial charge in [0.15, 0.2) is 17.8 Å². The van der Waals surface area contributed by atoms with Crippen LogP contribution in [-0.2, 0) is 23.6 Å². The number of rotatable bonds is 7. The summed E-state index contributed by atoms with van der Waals surface area (Å²) < 4.78 is 20.7. The summed E-state index contributed by atoms with van der Waals surface area (Å²) in [7, 11) is 0. The van der Waals surface area contributed by atoms with Crippen LogP contribution in [0.5, 0.6) is 11.5 Å². The van der Waals surface area contributed by atoms with Gasteiger partial charge in [-0.1, -0.05) is 23.7 Å². The van der Waals surface area contributed by atoms with Gasteiger partial charge in [0.2, 0.25) is 0 Å². The van der Waals surface area contributed by atoms with Crippen LogP contribution < -0.4 is 9.47 Å². The van der Waals surface area contributed by atoms with Crippen LogP contribution in [0.1, 0.15) is 58.9 Å². The summed E-state index contributed by atoms with van der Waals surface area (Å²) >= 11 is 7.50. The molecule has 3 aliphatic rings. The first-order valence-corrected chi connectivity index (χ1v) is 14.6. The van der Waals surface area contributed by atoms with Crippen LogP contribution >= 0.6 is 22.9 Å². The number of ether oxygens (including phenoxy) is 3. The van der Waals surface area contributed by atoms with Crippen molar-refractivity contribution in [1.82, 2.24) is 19.4 Å². The zero-order valence-corrected chi connectivity index (χ0v) is 23.2. The van der Waals surface area contributed by atoms with Crippen molar-refractivity contribution in [2.24, 2.45) is 0 Å². The molecule has 4 aromatic rings. The molecule has 0 spiro atoms. The molecule has 1 aromatic carbocycles. The van der Waals surface area contributed by atoms with E-state index in [9.17, 15) is 4.79 Å². The Hall–Kier alpha value is -2.98. The average molecular weight is 565 g/mol. The number of halogens is 1. The second-order valence-corrected chi connectivity index (χ2v) is 12.1. The van der Waals surface area contributed by atoms with Gasteiger partial charge in [-0.15, -0.1) is 11.3 Å². The minimum absolute atomic E-state index is 0.225. The van der Waals surface area contributed by atoms with Gasteiger partial charge in [0, 0.05) is 25.3 Å². The van der Waals surface area contributed by atoms with Crippen LogP contribution in [0.3, 0.4) is 0 Å². The summed E-state index contributed by atoms with van der Waals surface area (Å²) in [6.45, 7) is 6.21. The molecule has 2 saturated heterocycles. The van der Waals surface area contributed by atoms with E-state index in [-0.39, 0.29) is 6.10 Å². The maximum absolute atomic E-state index is 11.3. The van der Waals surface area contributed by atoms with Gasteiger partial charge in [0.1, 0.15) is 16.3 Å². The fourth-order valence-corrected chi connectivity index (χ4v) is 6.79. The number of carbonyl (C=O) groups is 1. The number of likely N-dealkylation sites (tertiary alicyclic amines) is 1. The lowest BCUT2D eigenvalue weighted by Crippen LogP contribution is -2.35. The molecule has 2 atom stereocenters. The van der Waals surface area contributed by atoms with Crippen LogP contribution in [0.2, 0.25) is 5.02 Å². The second-order valence-electron chi connectivity index (χ2n) is 10.6. The van der Waals surface area contributed by atoms with Crippen LogP contribution in [-0.4, -0.2) is 51.5 Å². The number of imidazole rings is 1. The van der Waals surface area contributed by atoms with Gasteiger partial charge in [0.05, 0.1) is 34.6 Å². The highest BCUT2D eigenvalue weighted by atomic mass is 35.5. The van der Waals surface area contributed by atoms with Crippen LogP contribution in [0, 0.1) is 0 Å². The summed E-state index contributed by atoms with van der Waals surface area (Å²) in [6, 6.07) is 11.8. The number of para-hydroxylation sites is 1. The number of carbonyl (C=O) groups excluding carboxylic acids is 1. The molecule has 0 aliphatic carbocycles. The summed E-state index contributed by atoms with van der Waals surface area (Å²) in [4.78, 5) is 24.8. The summed E-state index contributed by atoms with van der Waals surface area (Å²) in [6.07, 6.45) is 5.85. The number of benzene rings is 1. The first kappa shape index (κ1) is 25.0. The lowest BCUT2D eigenvalue weighted by atomic mass is 9.88. The Morgan fingerprint density at radius 1 is 1.18 bits per heavy atom. The van der Waals surface area contributed by atoms with Crippen LogP contribution in [0.25, 0.3) is 10.3 Å². The predicted molar refractivity (Wildman–Crippen MR) is 149 cm³/mol. The van der Waals surface area contributed by atoms with E-state index < -0.39 is 5.79 Å². The van der Waals surface area contributed by atoms with Gasteiger partial charge in [-0.3, -0.25) is 14.7 Å². The smallest absolute Gasteiger partial charge is 0.292 e. The third-order valence-electron chi connectivity index (χ3n) is 8.04. The predicted octanol–water partition coefficient (Wildman–Crippen LogP) is 5.77. The SMILES string of the molecule is CC1(c2ccc(Cl)cn2)Oc2cccc(C3CCN(Cc4nc5sc(C=O)cc5n4CC4CCO4)CC3)c2O1. The molecule has 8 nitrogen and oxygen atoms in total. The van der Waals surface area contributed by atoms with E-state index in [1.165, 1.54) is 16.9 Å². The molecular weight excluding hydrogens is 536 g/mol. The number of thiophene rings is 1. The number of nitrogens with zero attached hydrogens (tertiary/aromatic N) is 4. The number of hydrogen-bond donors (Lipinski definition) is 0. The Morgan fingerprint density at radius 2 is 2.03 bits per heavy atom. The molecule has 0 saturated carbocycles. The Bertz CT molecular complexity index is 1520. The van der Waals surface area contributed by atoms with E-state index in [0.29, 0.717) is 21.5 Å². The fourth-order valence-electron chi connectivity index (χ4n) is 5.81. The summed E-state index contributed by atoms with van der Waals surface area (Å²) in [5.74, 6) is 2.01. The molecule has 0 amide bonds. The lowest BCUT2D eigenvalue weighted by Gasteiger charge is -2.33. The Morgan fingerprint density at radius 3 is 2.74 bits per heavy atom. The minimum Gasteiger partial charge on any atom is -0.443 e. The van der Waals surface area contributed by atoms with Crippen molar-refractivity contribution in [3.63, 3.8) is 0 Å². The number of aldehydes is 1. The number of aromatic nitrogens is 3. The molecule has 0 bridgehead atoms. The summed E-state index contributed by atoms with van der Waals surface area (Å²) in [5.41, 5.74) is 2.92. The van der Waals surface area contributed by atoms with E-state index in [2.05, 4.69) is 20.5 Å². The van der Waals surface area contributed by atoms with Gasteiger partial charge >= 0.3 is 0 Å². The Balaban J connectivity index is 1.06. The zero-order chi connectivity index (χ0) is 26.6. The number of pyridine rings is 1. The number of piperidine rings is 1. The van der Waals surface area contributed by atoms with Crippen molar-refractivity contribution in [3.8, 4) is 11.5 Å². The quantitative estimate of drug-likeness (QED) is 0.264. The number of hydrogen-bond acceptors (Lipinski definition) is 8. The van der Waals surface area contributed by atoms with Crippen molar-refractivity contribution in [2.75, 3.05) is 19.7 Å². The van der Waals surface area contributed by atoms with Crippen molar-refractivity contribution in [1.29, 1.82) is 0 Å². The van der Waals surface area contributed by atoms with Crippen molar-refractivity contribution in [3.05, 3.63) is 69.6 Å². The van der Waals surface area contributed by atoms with Crippen LogP contribution in [0.15, 0.2) is 42.6 Å². The second kappa shape index (κ2) is 9.89. The third kappa shape index (κ3) is 4.61. The molecule has 39 heavy (non-hydrogen) atoms. The van der Waals surface area contributed by atoms with Gasteiger partial charge < -0.3 is 18.8 Å². The maximum atomic E-state index is 11.3. The fraction of sp³-hybridized carbons (Fsp3) is 0.414. The van der Waals surface area contributed by atoms with Crippen molar-refractivity contribution < 1.29 is 19.0 Å². The largest absolute Gasteiger partial charge is 0.443 e. The minimum atomic E-state index is -0.985. The maximum Gasteiger partial charge on any atom is 0.292 e. The average Bonchev–Trinajstić information content (AvgIpc) is 3.57. The Labute approximate surface area is 235 Å². The zero-order valence-electron chi connectivity index (χ0n) is 21.6. The molecule has 2 unspecified atom stereocenters. The summed E-state index contributed by atoms with van der Waals surface area (Å²) in [5, 5.41) is 0.578. The highest BCUT2D eigenvalue weighted by Crippen LogP contribution is 2.49. The molecule has 6 heterocycles. The molecule has 202 valence electrons. The van der Waals surface area contributed by atoms with E-state index in [0.717, 1.165) is 86.0 Å². The molecule has 2 fully saturated rings. The first-order chi connectivity index (χ1) is 19.0. The molecule has 3 aromatic heterocycles. The molecule has 0 radical (unpaired) electrons.